The van der Waals surface area contributed by atoms with Crippen molar-refractivity contribution in [1.82, 2.24) is 15.5 Å². The molecule has 1 saturated heterocycles. The second kappa shape index (κ2) is 7.74. The fourth-order valence-corrected chi connectivity index (χ4v) is 3.63. The molecule has 1 aromatic rings. The van der Waals surface area contributed by atoms with Gasteiger partial charge < -0.3 is 20.3 Å². The van der Waals surface area contributed by atoms with E-state index in [9.17, 15) is 4.79 Å². The van der Waals surface area contributed by atoms with Crippen LogP contribution in [0.5, 0.6) is 0 Å². The smallest absolute Gasteiger partial charge is 0.269 e. The second-order valence-electron chi connectivity index (χ2n) is 6.84. The summed E-state index contributed by atoms with van der Waals surface area (Å²) in [6, 6.07) is 4.07. The summed E-state index contributed by atoms with van der Waals surface area (Å²) in [6.07, 6.45) is 16.1. The van der Waals surface area contributed by atoms with E-state index in [1.807, 2.05) is 42.9 Å². The average molecular weight is 353 g/mol. The number of pyridine rings is 1. The number of hydrogen-bond acceptors (Lipinski definition) is 4. The fraction of sp³-hybridized carbons (Fsp3) is 0.400. The van der Waals surface area contributed by atoms with Crippen LogP contribution in [0.3, 0.4) is 0 Å². The highest BCUT2D eigenvalue weighted by atomic mass is 16.5. The van der Waals surface area contributed by atoms with Crippen LogP contribution >= 0.6 is 0 Å². The number of amides is 1. The molecule has 0 saturated carbocycles. The highest BCUT2D eigenvalue weighted by Crippen LogP contribution is 2.26. The van der Waals surface area contributed by atoms with Gasteiger partial charge in [-0.25, -0.2) is 4.98 Å². The van der Waals surface area contributed by atoms with Crippen LogP contribution < -0.4 is 15.6 Å². The van der Waals surface area contributed by atoms with Gasteiger partial charge in [-0.15, -0.1) is 0 Å². The van der Waals surface area contributed by atoms with Gasteiger partial charge in [0.1, 0.15) is 11.9 Å². The summed E-state index contributed by atoms with van der Waals surface area (Å²) in [5.74, 6) is -0.0683. The lowest BCUT2D eigenvalue weighted by Gasteiger charge is -2.25. The zero-order valence-electron chi connectivity index (χ0n) is 14.8. The molecule has 1 aromatic heterocycles. The Hall–Kier alpha value is -2.60. The SMILES string of the molecule is O=C(NCC1CCCCO1)C1=C2C=CC=CN2C(Cc2ccc[nH+]c2)N1. The maximum atomic E-state index is 12.8. The van der Waals surface area contributed by atoms with Crippen molar-refractivity contribution >= 4 is 5.91 Å². The molecule has 3 N–H and O–H groups in total. The van der Waals surface area contributed by atoms with Gasteiger partial charge in [-0.05, 0) is 37.5 Å². The van der Waals surface area contributed by atoms with Gasteiger partial charge in [0.05, 0.1) is 11.8 Å². The number of carbonyl (C=O) groups is 1. The first-order valence-electron chi connectivity index (χ1n) is 9.30. The Kier molecular flexibility index (Phi) is 5.02. The van der Waals surface area contributed by atoms with Gasteiger partial charge >= 0.3 is 0 Å². The number of aromatic nitrogens is 1. The van der Waals surface area contributed by atoms with Crippen molar-refractivity contribution in [2.24, 2.45) is 0 Å². The van der Waals surface area contributed by atoms with E-state index in [4.69, 9.17) is 4.74 Å². The van der Waals surface area contributed by atoms with Gasteiger partial charge in [0, 0.05) is 37.4 Å². The fourth-order valence-electron chi connectivity index (χ4n) is 3.63. The third kappa shape index (κ3) is 3.65. The van der Waals surface area contributed by atoms with Crippen molar-refractivity contribution in [3.63, 3.8) is 0 Å². The highest BCUT2D eigenvalue weighted by Gasteiger charge is 2.33. The van der Waals surface area contributed by atoms with Gasteiger partial charge in [0.25, 0.3) is 5.91 Å². The number of aromatic amines is 1. The first-order valence-corrected chi connectivity index (χ1v) is 9.30. The third-order valence-corrected chi connectivity index (χ3v) is 4.98. The highest BCUT2D eigenvalue weighted by molar-refractivity contribution is 5.94. The molecule has 0 radical (unpaired) electrons. The van der Waals surface area contributed by atoms with Gasteiger partial charge in [0.15, 0.2) is 12.4 Å². The molecular weight excluding hydrogens is 328 g/mol. The summed E-state index contributed by atoms with van der Waals surface area (Å²) in [7, 11) is 0. The molecule has 6 heteroatoms. The van der Waals surface area contributed by atoms with E-state index in [1.165, 1.54) is 12.0 Å². The molecule has 2 unspecified atom stereocenters. The van der Waals surface area contributed by atoms with Crippen LogP contribution in [-0.2, 0) is 16.0 Å². The van der Waals surface area contributed by atoms with Crippen LogP contribution in [0.25, 0.3) is 0 Å². The van der Waals surface area contributed by atoms with Gasteiger partial charge in [-0.1, -0.05) is 6.08 Å². The molecule has 26 heavy (non-hydrogen) atoms. The topological polar surface area (TPSA) is 67.7 Å². The predicted octanol–water partition coefficient (Wildman–Crippen LogP) is 1.25. The normalized spacial score (nSPS) is 24.4. The van der Waals surface area contributed by atoms with Crippen LogP contribution in [-0.4, -0.2) is 36.2 Å². The maximum absolute atomic E-state index is 12.8. The zero-order valence-corrected chi connectivity index (χ0v) is 14.8. The minimum absolute atomic E-state index is 0.0219. The van der Waals surface area contributed by atoms with Crippen molar-refractivity contribution in [2.75, 3.05) is 13.2 Å². The minimum Gasteiger partial charge on any atom is -0.376 e. The molecule has 4 rings (SSSR count). The number of nitrogens with zero attached hydrogens (tertiary/aromatic N) is 1. The number of hydrogen-bond donors (Lipinski definition) is 2. The molecule has 6 nitrogen and oxygen atoms in total. The number of H-pyrrole nitrogens is 1. The van der Waals surface area contributed by atoms with Crippen LogP contribution in [0, 0.1) is 0 Å². The van der Waals surface area contributed by atoms with Crippen molar-refractivity contribution in [3.05, 3.63) is 65.9 Å². The van der Waals surface area contributed by atoms with Gasteiger partial charge in [-0.3, -0.25) is 4.79 Å². The number of ether oxygens (including phenoxy) is 1. The van der Waals surface area contributed by atoms with Crippen molar-refractivity contribution < 1.29 is 14.5 Å². The second-order valence-corrected chi connectivity index (χ2v) is 6.84. The Morgan fingerprint density at radius 1 is 1.38 bits per heavy atom. The van der Waals surface area contributed by atoms with Crippen LogP contribution in [0.4, 0.5) is 0 Å². The number of nitrogens with one attached hydrogen (secondary N) is 3. The van der Waals surface area contributed by atoms with Crippen molar-refractivity contribution in [1.29, 1.82) is 0 Å². The Morgan fingerprint density at radius 2 is 2.35 bits per heavy atom. The van der Waals surface area contributed by atoms with E-state index < -0.39 is 0 Å². The quantitative estimate of drug-likeness (QED) is 0.836. The van der Waals surface area contributed by atoms with E-state index in [1.54, 1.807) is 0 Å². The molecule has 3 aliphatic rings. The predicted molar refractivity (Wildman–Crippen MR) is 97.4 cm³/mol. The molecule has 0 spiro atoms. The molecule has 4 heterocycles. The van der Waals surface area contributed by atoms with E-state index in [0.29, 0.717) is 12.2 Å². The number of rotatable bonds is 5. The summed E-state index contributed by atoms with van der Waals surface area (Å²) in [5.41, 5.74) is 2.73. The molecule has 0 aliphatic carbocycles. The number of allylic oxidation sites excluding steroid dienone is 3. The summed E-state index contributed by atoms with van der Waals surface area (Å²) in [4.78, 5) is 18.0. The van der Waals surface area contributed by atoms with Crippen LogP contribution in [0.2, 0.25) is 0 Å². The lowest BCUT2D eigenvalue weighted by atomic mass is 10.1. The lowest BCUT2D eigenvalue weighted by molar-refractivity contribution is -0.378. The molecule has 2 atom stereocenters. The Labute approximate surface area is 153 Å². The van der Waals surface area contributed by atoms with E-state index in [2.05, 4.69) is 26.6 Å². The first kappa shape index (κ1) is 16.8. The molecule has 0 bridgehead atoms. The molecule has 1 amide bonds. The summed E-state index contributed by atoms with van der Waals surface area (Å²) >= 11 is 0. The number of fused-ring (bicyclic) bond motifs is 1. The zero-order chi connectivity index (χ0) is 17.8. The first-order chi connectivity index (χ1) is 12.8. The monoisotopic (exact) mass is 353 g/mol. The largest absolute Gasteiger partial charge is 0.376 e. The Morgan fingerprint density at radius 3 is 3.15 bits per heavy atom. The van der Waals surface area contributed by atoms with E-state index in [0.717, 1.165) is 31.6 Å². The Balaban J connectivity index is 1.43. The number of carbonyl (C=O) groups excluding carboxylic acids is 1. The summed E-state index contributed by atoms with van der Waals surface area (Å²) in [6.45, 7) is 1.36. The molecule has 136 valence electrons. The molecule has 1 fully saturated rings. The van der Waals surface area contributed by atoms with Crippen molar-refractivity contribution in [3.8, 4) is 0 Å². The van der Waals surface area contributed by atoms with Gasteiger partial charge in [-0.2, -0.15) is 0 Å². The van der Waals surface area contributed by atoms with E-state index >= 15 is 0 Å². The van der Waals surface area contributed by atoms with Gasteiger partial charge in [0.2, 0.25) is 0 Å². The van der Waals surface area contributed by atoms with Crippen LogP contribution in [0.15, 0.2) is 60.3 Å². The molecule has 3 aliphatic heterocycles. The van der Waals surface area contributed by atoms with E-state index in [-0.39, 0.29) is 18.2 Å². The average Bonchev–Trinajstić information content (AvgIpc) is 3.06. The third-order valence-electron chi connectivity index (χ3n) is 4.98. The minimum atomic E-state index is -0.0683. The molecule has 0 aromatic carbocycles. The maximum Gasteiger partial charge on any atom is 0.269 e. The standard InChI is InChI=1S/C20H24N4O2/c25-20(22-14-16-7-2-4-11-26-16)19-17-8-1-3-10-24(17)18(23-19)12-15-6-5-9-21-13-15/h1,3,5-6,8-10,13,16,18,23H,2,4,7,11-12,14H2,(H,22,25)/p+1. The van der Waals surface area contributed by atoms with Crippen molar-refractivity contribution in [2.45, 2.75) is 38.0 Å². The summed E-state index contributed by atoms with van der Waals surface area (Å²) < 4.78 is 5.71. The summed E-state index contributed by atoms with van der Waals surface area (Å²) in [5, 5.41) is 6.44. The molecular formula is C20H25N4O2+. The Bertz CT molecular complexity index is 735. The van der Waals surface area contributed by atoms with Crippen LogP contribution in [0.1, 0.15) is 24.8 Å². The lowest BCUT2D eigenvalue weighted by Crippen LogP contribution is -2.41.